The third-order valence-corrected chi connectivity index (χ3v) is 3.47. The number of nitrogens with zero attached hydrogens (tertiary/aromatic N) is 1. The zero-order valence-corrected chi connectivity index (χ0v) is 10.7. The van der Waals surface area contributed by atoms with Gasteiger partial charge in [-0.15, -0.1) is 0 Å². The van der Waals surface area contributed by atoms with Gasteiger partial charge in [-0.1, -0.05) is 18.2 Å². The minimum atomic E-state index is -0.861. The van der Waals surface area contributed by atoms with Crippen LogP contribution in [-0.2, 0) is 24.7 Å². The fourth-order valence-electron chi connectivity index (χ4n) is 2.40. The minimum absolute atomic E-state index is 0.0702. The maximum atomic E-state index is 12.2. The van der Waals surface area contributed by atoms with Crippen LogP contribution in [-0.4, -0.2) is 22.5 Å². The molecule has 19 heavy (non-hydrogen) atoms. The average molecular weight is 255 g/mol. The topological polar surface area (TPSA) is 51.5 Å². The summed E-state index contributed by atoms with van der Waals surface area (Å²) in [4.78, 5) is 12.2. The molecule has 1 aromatic heterocycles. The van der Waals surface area contributed by atoms with Crippen LogP contribution in [0.25, 0.3) is 0 Å². The third-order valence-electron chi connectivity index (χ3n) is 3.47. The Bertz CT molecular complexity index is 635. The summed E-state index contributed by atoms with van der Waals surface area (Å²) >= 11 is 0. The van der Waals surface area contributed by atoms with Gasteiger partial charge in [-0.3, -0.25) is 4.79 Å². The highest BCUT2D eigenvalue weighted by molar-refractivity contribution is 6.61. The van der Waals surface area contributed by atoms with Gasteiger partial charge < -0.3 is 14.2 Å². The number of fused-ring (bicyclic) bond motifs is 1. The molecule has 2 heterocycles. The molecule has 0 amide bonds. The van der Waals surface area contributed by atoms with Crippen molar-refractivity contribution < 1.29 is 14.5 Å². The van der Waals surface area contributed by atoms with E-state index in [1.54, 1.807) is 0 Å². The highest BCUT2D eigenvalue weighted by Crippen LogP contribution is 2.13. The lowest BCUT2D eigenvalue weighted by atomic mass is 9.78. The highest BCUT2D eigenvalue weighted by atomic mass is 16.5. The summed E-state index contributed by atoms with van der Waals surface area (Å²) in [6.45, 7) is 0.433. The molecular formula is C14H14BNO3. The van der Waals surface area contributed by atoms with Crippen molar-refractivity contribution >= 4 is 18.4 Å². The van der Waals surface area contributed by atoms with Crippen molar-refractivity contribution in [3.8, 4) is 0 Å². The average Bonchev–Trinajstić information content (AvgIpc) is 2.97. The Morgan fingerprint density at radius 1 is 1.47 bits per heavy atom. The molecule has 4 nitrogen and oxygen atoms in total. The molecule has 0 fully saturated rings. The van der Waals surface area contributed by atoms with Gasteiger partial charge in [0.15, 0.2) is 5.78 Å². The van der Waals surface area contributed by atoms with Gasteiger partial charge in [-0.25, -0.2) is 0 Å². The predicted octanol–water partition coefficient (Wildman–Crippen LogP) is 0.668. The van der Waals surface area contributed by atoms with E-state index in [2.05, 4.69) is 0 Å². The molecule has 0 bridgehead atoms. The van der Waals surface area contributed by atoms with Crippen molar-refractivity contribution in [2.24, 2.45) is 7.05 Å². The molecule has 96 valence electrons. The standard InChI is InChI=1S/C14H14BNO3/c1-16-6-2-3-13(16)14(17)8-10-4-5-11-9-19-15(18)12(11)7-10/h2-7,18H,8-9H2,1H3. The van der Waals surface area contributed by atoms with E-state index in [0.29, 0.717) is 18.7 Å². The van der Waals surface area contributed by atoms with Crippen LogP contribution in [0.5, 0.6) is 0 Å². The molecule has 5 heteroatoms. The van der Waals surface area contributed by atoms with Gasteiger partial charge in [0, 0.05) is 19.7 Å². The van der Waals surface area contributed by atoms with Crippen molar-refractivity contribution in [3.63, 3.8) is 0 Å². The monoisotopic (exact) mass is 255 g/mol. The first kappa shape index (κ1) is 12.2. The zero-order chi connectivity index (χ0) is 13.4. The largest absolute Gasteiger partial charge is 0.491 e. The van der Waals surface area contributed by atoms with Crippen molar-refractivity contribution in [1.29, 1.82) is 0 Å². The van der Waals surface area contributed by atoms with E-state index in [4.69, 9.17) is 4.65 Å². The molecular weight excluding hydrogens is 241 g/mol. The number of carbonyl (C=O) groups is 1. The van der Waals surface area contributed by atoms with E-state index < -0.39 is 7.12 Å². The number of aromatic nitrogens is 1. The molecule has 2 aromatic rings. The van der Waals surface area contributed by atoms with Crippen molar-refractivity contribution in [1.82, 2.24) is 4.57 Å². The summed E-state index contributed by atoms with van der Waals surface area (Å²) in [6.07, 6.45) is 2.19. The lowest BCUT2D eigenvalue weighted by molar-refractivity contribution is 0.0985. The smallest absolute Gasteiger partial charge is 0.423 e. The van der Waals surface area contributed by atoms with Gasteiger partial charge in [0.1, 0.15) is 0 Å². The van der Waals surface area contributed by atoms with Gasteiger partial charge in [0.05, 0.1) is 12.3 Å². The Morgan fingerprint density at radius 3 is 3.05 bits per heavy atom. The van der Waals surface area contributed by atoms with Crippen molar-refractivity contribution in [3.05, 3.63) is 53.3 Å². The molecule has 0 saturated carbocycles. The van der Waals surface area contributed by atoms with Gasteiger partial charge in [-0.05, 0) is 28.7 Å². The third kappa shape index (κ3) is 2.22. The Morgan fingerprint density at radius 2 is 2.32 bits per heavy atom. The second kappa shape index (κ2) is 4.68. The molecule has 1 N–H and O–H groups in total. The number of hydrogen-bond donors (Lipinski definition) is 1. The molecule has 1 aliphatic heterocycles. The summed E-state index contributed by atoms with van der Waals surface area (Å²) in [6, 6.07) is 9.36. The molecule has 0 spiro atoms. The molecule has 1 aliphatic rings. The lowest BCUT2D eigenvalue weighted by Crippen LogP contribution is -2.28. The van der Waals surface area contributed by atoms with Gasteiger partial charge >= 0.3 is 7.12 Å². The van der Waals surface area contributed by atoms with Crippen LogP contribution in [0.15, 0.2) is 36.5 Å². The summed E-state index contributed by atoms with van der Waals surface area (Å²) < 4.78 is 6.95. The highest BCUT2D eigenvalue weighted by Gasteiger charge is 2.27. The van der Waals surface area contributed by atoms with Crippen LogP contribution < -0.4 is 5.46 Å². The van der Waals surface area contributed by atoms with E-state index in [0.717, 1.165) is 16.6 Å². The quantitative estimate of drug-likeness (QED) is 0.647. The first-order valence-corrected chi connectivity index (χ1v) is 6.21. The first-order valence-electron chi connectivity index (χ1n) is 6.21. The predicted molar refractivity (Wildman–Crippen MR) is 72.3 cm³/mol. The summed E-state index contributed by atoms with van der Waals surface area (Å²) in [5.74, 6) is 0.0702. The summed E-state index contributed by atoms with van der Waals surface area (Å²) in [5.41, 5.74) is 3.35. The van der Waals surface area contributed by atoms with E-state index in [9.17, 15) is 9.82 Å². The number of benzene rings is 1. The van der Waals surface area contributed by atoms with Gasteiger partial charge in [0.2, 0.25) is 0 Å². The second-order valence-electron chi connectivity index (χ2n) is 4.80. The normalized spacial score (nSPS) is 13.7. The Balaban J connectivity index is 1.83. The van der Waals surface area contributed by atoms with Crippen LogP contribution >= 0.6 is 0 Å². The minimum Gasteiger partial charge on any atom is -0.423 e. The lowest BCUT2D eigenvalue weighted by Gasteiger charge is -2.05. The van der Waals surface area contributed by atoms with Crippen molar-refractivity contribution in [2.45, 2.75) is 13.0 Å². The molecule has 0 unspecified atom stereocenters. The molecule has 0 radical (unpaired) electrons. The zero-order valence-electron chi connectivity index (χ0n) is 10.7. The summed E-state index contributed by atoms with van der Waals surface area (Å²) in [7, 11) is 0.994. The maximum absolute atomic E-state index is 12.2. The summed E-state index contributed by atoms with van der Waals surface area (Å²) in [5, 5.41) is 9.66. The number of aryl methyl sites for hydroxylation is 1. The first-order chi connectivity index (χ1) is 9.15. The van der Waals surface area contributed by atoms with Crippen LogP contribution in [0.2, 0.25) is 0 Å². The molecule has 1 aromatic carbocycles. The molecule has 3 rings (SSSR count). The van der Waals surface area contributed by atoms with Crippen molar-refractivity contribution in [2.75, 3.05) is 0 Å². The van der Waals surface area contributed by atoms with Crippen LogP contribution in [0.4, 0.5) is 0 Å². The van der Waals surface area contributed by atoms with Crippen LogP contribution in [0.3, 0.4) is 0 Å². The molecule has 0 saturated heterocycles. The maximum Gasteiger partial charge on any atom is 0.491 e. The van der Waals surface area contributed by atoms with E-state index in [-0.39, 0.29) is 5.78 Å². The van der Waals surface area contributed by atoms with Gasteiger partial charge in [-0.2, -0.15) is 0 Å². The number of carbonyl (C=O) groups excluding carboxylic acids is 1. The Kier molecular flexibility index (Phi) is 3.01. The number of ketones is 1. The van der Waals surface area contributed by atoms with Crippen LogP contribution in [0, 0.1) is 0 Å². The van der Waals surface area contributed by atoms with E-state index >= 15 is 0 Å². The molecule has 0 atom stereocenters. The fourth-order valence-corrected chi connectivity index (χ4v) is 2.40. The Hall–Kier alpha value is -1.85. The SMILES string of the molecule is Cn1cccc1C(=O)Cc1ccc2c(c1)B(O)OC2. The number of Topliss-reactive ketones (excluding diaryl/α,β-unsaturated/α-hetero) is 1. The number of hydrogen-bond acceptors (Lipinski definition) is 3. The van der Waals surface area contributed by atoms with E-state index in [1.807, 2.05) is 48.1 Å². The van der Waals surface area contributed by atoms with E-state index in [1.165, 1.54) is 0 Å². The van der Waals surface area contributed by atoms with Gasteiger partial charge in [0.25, 0.3) is 0 Å². The Labute approximate surface area is 111 Å². The van der Waals surface area contributed by atoms with Crippen LogP contribution in [0.1, 0.15) is 21.6 Å². The molecule has 0 aliphatic carbocycles. The number of rotatable bonds is 3. The fraction of sp³-hybridized carbons (Fsp3) is 0.214. The second-order valence-corrected chi connectivity index (χ2v) is 4.80.